The second kappa shape index (κ2) is 10.1. The molecule has 1 saturated heterocycles. The highest BCUT2D eigenvalue weighted by molar-refractivity contribution is 5.80. The first kappa shape index (κ1) is 20.9. The van der Waals surface area contributed by atoms with E-state index in [1.165, 1.54) is 5.56 Å². The van der Waals surface area contributed by atoms with Gasteiger partial charge in [0.05, 0.1) is 7.11 Å². The number of amides is 2. The summed E-state index contributed by atoms with van der Waals surface area (Å²) in [4.78, 5) is 29.1. The zero-order valence-corrected chi connectivity index (χ0v) is 17.3. The summed E-state index contributed by atoms with van der Waals surface area (Å²) >= 11 is 0. The number of carbonyl (C=O) groups excluding carboxylic acids is 2. The van der Waals surface area contributed by atoms with Crippen LogP contribution in [0.15, 0.2) is 54.6 Å². The smallest absolute Gasteiger partial charge is 0.225 e. The number of piperazine rings is 1. The summed E-state index contributed by atoms with van der Waals surface area (Å²) in [6, 6.07) is 17.9. The first-order chi connectivity index (χ1) is 14.1. The molecule has 29 heavy (non-hydrogen) atoms. The van der Waals surface area contributed by atoms with Crippen LogP contribution in [0.2, 0.25) is 0 Å². The van der Waals surface area contributed by atoms with Crippen molar-refractivity contribution in [3.8, 4) is 5.75 Å². The van der Waals surface area contributed by atoms with Gasteiger partial charge in [0.1, 0.15) is 5.75 Å². The van der Waals surface area contributed by atoms with E-state index in [4.69, 9.17) is 4.74 Å². The lowest BCUT2D eigenvalue weighted by Gasteiger charge is -2.36. The lowest BCUT2D eigenvalue weighted by Crippen LogP contribution is -2.52. The number of carbonyl (C=O) groups is 2. The van der Waals surface area contributed by atoms with Gasteiger partial charge in [-0.15, -0.1) is 0 Å². The van der Waals surface area contributed by atoms with Gasteiger partial charge >= 0.3 is 0 Å². The number of hydrogen-bond donors (Lipinski definition) is 0. The van der Waals surface area contributed by atoms with Crippen LogP contribution in [0.5, 0.6) is 5.75 Å². The molecular weight excluding hydrogens is 364 g/mol. The largest absolute Gasteiger partial charge is 0.497 e. The third-order valence-electron chi connectivity index (χ3n) is 5.54. The Labute approximate surface area is 173 Å². The number of nitrogens with zero attached hydrogens (tertiary/aromatic N) is 2. The molecule has 1 atom stereocenters. The molecule has 3 rings (SSSR count). The molecule has 2 aromatic rings. The summed E-state index contributed by atoms with van der Waals surface area (Å²) in [7, 11) is 1.64. The fourth-order valence-electron chi connectivity index (χ4n) is 3.74. The molecular formula is C24H30N2O3. The maximum atomic E-state index is 12.8. The Morgan fingerprint density at radius 1 is 0.897 bits per heavy atom. The van der Waals surface area contributed by atoms with Crippen molar-refractivity contribution in [1.82, 2.24) is 9.80 Å². The van der Waals surface area contributed by atoms with Gasteiger partial charge in [0, 0.05) is 38.5 Å². The van der Waals surface area contributed by atoms with Gasteiger partial charge in [0.15, 0.2) is 0 Å². The number of rotatable bonds is 7. The fraction of sp³-hybridized carbons (Fsp3) is 0.417. The maximum Gasteiger partial charge on any atom is 0.225 e. The lowest BCUT2D eigenvalue weighted by atomic mass is 9.99. The van der Waals surface area contributed by atoms with E-state index in [9.17, 15) is 9.59 Å². The number of ether oxygens (including phenoxy) is 1. The van der Waals surface area contributed by atoms with E-state index >= 15 is 0 Å². The molecule has 1 aliphatic rings. The molecule has 2 aromatic carbocycles. The molecule has 0 bridgehead atoms. The molecule has 2 amide bonds. The SMILES string of the molecule is COc1ccc(CCC(=O)N2CCN(C(=O)C(C)Cc3ccccc3)CC2)cc1. The number of methoxy groups -OCH3 is 1. The van der Waals surface area contributed by atoms with Crippen LogP contribution in [0.25, 0.3) is 0 Å². The van der Waals surface area contributed by atoms with Gasteiger partial charge in [-0.25, -0.2) is 0 Å². The average Bonchev–Trinajstić information content (AvgIpc) is 2.78. The van der Waals surface area contributed by atoms with E-state index < -0.39 is 0 Å². The minimum atomic E-state index is -0.0466. The molecule has 0 aliphatic carbocycles. The monoisotopic (exact) mass is 394 g/mol. The van der Waals surface area contributed by atoms with E-state index in [0.29, 0.717) is 32.6 Å². The summed E-state index contributed by atoms with van der Waals surface area (Å²) in [5.74, 6) is 1.11. The van der Waals surface area contributed by atoms with Crippen LogP contribution in [-0.2, 0) is 22.4 Å². The highest BCUT2D eigenvalue weighted by Crippen LogP contribution is 2.15. The van der Waals surface area contributed by atoms with Crippen LogP contribution in [0.4, 0.5) is 0 Å². The van der Waals surface area contributed by atoms with Crippen LogP contribution in [-0.4, -0.2) is 54.9 Å². The summed E-state index contributed by atoms with van der Waals surface area (Å²) in [5.41, 5.74) is 2.31. The number of benzene rings is 2. The average molecular weight is 395 g/mol. The molecule has 1 heterocycles. The molecule has 154 valence electrons. The number of hydrogen-bond acceptors (Lipinski definition) is 3. The van der Waals surface area contributed by atoms with Gasteiger partial charge in [-0.1, -0.05) is 49.4 Å². The first-order valence-electron chi connectivity index (χ1n) is 10.3. The minimum Gasteiger partial charge on any atom is -0.497 e. The minimum absolute atomic E-state index is 0.0466. The Morgan fingerprint density at radius 3 is 2.14 bits per heavy atom. The van der Waals surface area contributed by atoms with Gasteiger partial charge < -0.3 is 14.5 Å². The van der Waals surface area contributed by atoms with Crippen molar-refractivity contribution < 1.29 is 14.3 Å². The Kier molecular flexibility index (Phi) is 7.28. The van der Waals surface area contributed by atoms with Crippen molar-refractivity contribution >= 4 is 11.8 Å². The molecule has 0 radical (unpaired) electrons. The van der Waals surface area contributed by atoms with Crippen LogP contribution in [0.3, 0.4) is 0 Å². The maximum absolute atomic E-state index is 12.8. The summed E-state index contributed by atoms with van der Waals surface area (Å²) in [6.07, 6.45) is 1.96. The van der Waals surface area contributed by atoms with Crippen LogP contribution >= 0.6 is 0 Å². The van der Waals surface area contributed by atoms with Gasteiger partial charge in [-0.3, -0.25) is 9.59 Å². The Balaban J connectivity index is 1.42. The molecule has 5 heteroatoms. The van der Waals surface area contributed by atoms with E-state index in [-0.39, 0.29) is 17.7 Å². The molecule has 0 aromatic heterocycles. The Morgan fingerprint density at radius 2 is 1.52 bits per heavy atom. The van der Waals surface area contributed by atoms with Crippen molar-refractivity contribution in [1.29, 1.82) is 0 Å². The highest BCUT2D eigenvalue weighted by atomic mass is 16.5. The fourth-order valence-corrected chi connectivity index (χ4v) is 3.74. The van der Waals surface area contributed by atoms with Crippen molar-refractivity contribution in [3.05, 3.63) is 65.7 Å². The van der Waals surface area contributed by atoms with Crippen molar-refractivity contribution in [2.24, 2.45) is 5.92 Å². The van der Waals surface area contributed by atoms with Gasteiger partial charge in [0.2, 0.25) is 11.8 Å². The lowest BCUT2D eigenvalue weighted by molar-refractivity contribution is -0.141. The molecule has 0 N–H and O–H groups in total. The molecule has 0 saturated carbocycles. The van der Waals surface area contributed by atoms with Gasteiger partial charge in [-0.05, 0) is 36.1 Å². The molecule has 0 spiro atoms. The van der Waals surface area contributed by atoms with Crippen molar-refractivity contribution in [2.75, 3.05) is 33.3 Å². The molecule has 1 fully saturated rings. The van der Waals surface area contributed by atoms with E-state index in [2.05, 4.69) is 12.1 Å². The van der Waals surface area contributed by atoms with Crippen LogP contribution in [0.1, 0.15) is 24.5 Å². The standard InChI is InChI=1S/C24H30N2O3/c1-19(18-21-6-4-3-5-7-21)24(28)26-16-14-25(15-17-26)23(27)13-10-20-8-11-22(29-2)12-9-20/h3-9,11-12,19H,10,13-18H2,1-2H3. The second-order valence-corrected chi connectivity index (χ2v) is 7.64. The van der Waals surface area contributed by atoms with Gasteiger partial charge in [-0.2, -0.15) is 0 Å². The third kappa shape index (κ3) is 5.83. The van der Waals surface area contributed by atoms with Crippen LogP contribution in [0, 0.1) is 5.92 Å². The molecule has 5 nitrogen and oxygen atoms in total. The highest BCUT2D eigenvalue weighted by Gasteiger charge is 2.26. The predicted octanol–water partition coefficient (Wildman–Crippen LogP) is 3.18. The topological polar surface area (TPSA) is 49.9 Å². The van der Waals surface area contributed by atoms with Crippen LogP contribution < -0.4 is 4.74 Å². The second-order valence-electron chi connectivity index (χ2n) is 7.64. The normalized spacial score (nSPS) is 15.1. The summed E-state index contributed by atoms with van der Waals surface area (Å²) in [6.45, 7) is 4.46. The van der Waals surface area contributed by atoms with E-state index in [1.54, 1.807) is 7.11 Å². The molecule has 1 aliphatic heterocycles. The van der Waals surface area contributed by atoms with Gasteiger partial charge in [0.25, 0.3) is 0 Å². The van der Waals surface area contributed by atoms with Crippen molar-refractivity contribution in [3.63, 3.8) is 0 Å². The Bertz CT molecular complexity index is 797. The zero-order chi connectivity index (χ0) is 20.6. The quantitative estimate of drug-likeness (QED) is 0.725. The van der Waals surface area contributed by atoms with E-state index in [1.807, 2.05) is 59.2 Å². The zero-order valence-electron chi connectivity index (χ0n) is 17.3. The first-order valence-corrected chi connectivity index (χ1v) is 10.3. The summed E-state index contributed by atoms with van der Waals surface area (Å²) in [5, 5.41) is 0. The predicted molar refractivity (Wildman–Crippen MR) is 114 cm³/mol. The number of aryl methyl sites for hydroxylation is 1. The summed E-state index contributed by atoms with van der Waals surface area (Å²) < 4.78 is 5.16. The molecule has 1 unspecified atom stereocenters. The van der Waals surface area contributed by atoms with E-state index in [0.717, 1.165) is 24.2 Å². The van der Waals surface area contributed by atoms with Crippen molar-refractivity contribution in [2.45, 2.75) is 26.2 Å². The third-order valence-corrected chi connectivity index (χ3v) is 5.54. The Hall–Kier alpha value is -2.82.